The Balaban J connectivity index is 1.73. The molecule has 0 aromatic carbocycles. The van der Waals surface area contributed by atoms with E-state index in [4.69, 9.17) is 5.84 Å². The zero-order valence-corrected chi connectivity index (χ0v) is 11.8. The van der Waals surface area contributed by atoms with Crippen LogP contribution in [0, 0.1) is 0 Å². The lowest BCUT2D eigenvalue weighted by atomic mass is 10.3. The molecule has 3 heterocycles. The SMILES string of the molecule is NNc1nc(NCCc2cscn2)nc(-n2cccn2)n1. The molecule has 0 atom stereocenters. The smallest absolute Gasteiger partial charge is 0.257 e. The van der Waals surface area contributed by atoms with E-state index in [9.17, 15) is 0 Å². The van der Waals surface area contributed by atoms with Crippen molar-refractivity contribution in [2.75, 3.05) is 17.3 Å². The molecule has 0 spiro atoms. The highest BCUT2D eigenvalue weighted by atomic mass is 32.1. The van der Waals surface area contributed by atoms with Gasteiger partial charge in [0.05, 0.1) is 11.2 Å². The number of hydrazine groups is 1. The van der Waals surface area contributed by atoms with Crippen LogP contribution in [0.15, 0.2) is 29.4 Å². The molecule has 3 rings (SSSR count). The summed E-state index contributed by atoms with van der Waals surface area (Å²) in [7, 11) is 0. The average Bonchev–Trinajstić information content (AvgIpc) is 3.20. The van der Waals surface area contributed by atoms with Gasteiger partial charge in [0.2, 0.25) is 11.9 Å². The molecule has 0 radical (unpaired) electrons. The van der Waals surface area contributed by atoms with Gasteiger partial charge >= 0.3 is 0 Å². The number of nitrogen functional groups attached to an aromatic ring is 1. The van der Waals surface area contributed by atoms with Crippen molar-refractivity contribution in [2.24, 2.45) is 5.84 Å². The molecule has 0 saturated carbocycles. The first-order chi connectivity index (χ1) is 10.3. The Morgan fingerprint density at radius 1 is 1.24 bits per heavy atom. The van der Waals surface area contributed by atoms with Crippen LogP contribution in [-0.2, 0) is 6.42 Å². The minimum absolute atomic E-state index is 0.270. The summed E-state index contributed by atoms with van der Waals surface area (Å²) in [6.07, 6.45) is 4.18. The van der Waals surface area contributed by atoms with E-state index in [0.717, 1.165) is 12.1 Å². The van der Waals surface area contributed by atoms with E-state index in [2.05, 4.69) is 35.8 Å². The highest BCUT2D eigenvalue weighted by molar-refractivity contribution is 7.07. The van der Waals surface area contributed by atoms with Crippen LogP contribution < -0.4 is 16.6 Å². The van der Waals surface area contributed by atoms with Gasteiger partial charge in [-0.15, -0.1) is 11.3 Å². The fourth-order valence-electron chi connectivity index (χ4n) is 1.66. The molecule has 0 aliphatic heterocycles. The number of nitrogens with zero attached hydrogens (tertiary/aromatic N) is 6. The number of hydrogen-bond donors (Lipinski definition) is 3. The quantitative estimate of drug-likeness (QED) is 0.443. The van der Waals surface area contributed by atoms with Gasteiger partial charge in [-0.25, -0.2) is 15.5 Å². The number of aromatic nitrogens is 6. The Bertz CT molecular complexity index is 680. The molecule has 0 amide bonds. The lowest BCUT2D eigenvalue weighted by Crippen LogP contribution is -2.17. The van der Waals surface area contributed by atoms with Gasteiger partial charge in [0.25, 0.3) is 5.95 Å². The number of hydrogen-bond acceptors (Lipinski definition) is 9. The summed E-state index contributed by atoms with van der Waals surface area (Å²) >= 11 is 1.57. The Hall–Kier alpha value is -2.59. The Morgan fingerprint density at radius 3 is 2.86 bits per heavy atom. The second-order valence-electron chi connectivity index (χ2n) is 4.03. The Labute approximate surface area is 124 Å². The molecule has 0 saturated heterocycles. The molecule has 21 heavy (non-hydrogen) atoms. The van der Waals surface area contributed by atoms with E-state index in [0.29, 0.717) is 18.4 Å². The molecule has 10 heteroatoms. The highest BCUT2D eigenvalue weighted by Gasteiger charge is 2.07. The zero-order valence-electron chi connectivity index (χ0n) is 11.0. The van der Waals surface area contributed by atoms with Crippen LogP contribution in [-0.4, -0.2) is 36.3 Å². The summed E-state index contributed by atoms with van der Waals surface area (Å²) in [5.74, 6) is 6.47. The highest BCUT2D eigenvalue weighted by Crippen LogP contribution is 2.08. The van der Waals surface area contributed by atoms with Gasteiger partial charge in [-0.1, -0.05) is 0 Å². The first-order valence-corrected chi connectivity index (χ1v) is 7.13. The Kier molecular flexibility index (Phi) is 3.98. The first-order valence-electron chi connectivity index (χ1n) is 6.19. The van der Waals surface area contributed by atoms with Crippen molar-refractivity contribution in [1.82, 2.24) is 29.7 Å². The summed E-state index contributed by atoms with van der Waals surface area (Å²) in [5.41, 5.74) is 5.26. The molecule has 3 aromatic heterocycles. The number of nitrogens with two attached hydrogens (primary N) is 1. The number of anilines is 2. The van der Waals surface area contributed by atoms with Crippen LogP contribution in [0.4, 0.5) is 11.9 Å². The van der Waals surface area contributed by atoms with Crippen LogP contribution in [0.5, 0.6) is 0 Å². The predicted octanol–water partition coefficient (Wildman–Crippen LogP) is 0.454. The van der Waals surface area contributed by atoms with Gasteiger partial charge in [-0.3, -0.25) is 5.43 Å². The summed E-state index contributed by atoms with van der Waals surface area (Å²) in [5, 5.41) is 9.22. The second-order valence-corrected chi connectivity index (χ2v) is 4.75. The van der Waals surface area contributed by atoms with E-state index in [1.807, 2.05) is 10.9 Å². The minimum atomic E-state index is 0.270. The summed E-state index contributed by atoms with van der Waals surface area (Å²) in [4.78, 5) is 16.8. The van der Waals surface area contributed by atoms with Crippen LogP contribution in [0.2, 0.25) is 0 Å². The van der Waals surface area contributed by atoms with Gasteiger partial charge in [-0.05, 0) is 6.07 Å². The van der Waals surface area contributed by atoms with Gasteiger partial charge < -0.3 is 5.32 Å². The van der Waals surface area contributed by atoms with E-state index < -0.39 is 0 Å². The summed E-state index contributed by atoms with van der Waals surface area (Å²) < 4.78 is 1.54. The maximum atomic E-state index is 5.38. The van der Waals surface area contributed by atoms with E-state index in [-0.39, 0.29) is 5.95 Å². The normalized spacial score (nSPS) is 10.5. The van der Waals surface area contributed by atoms with E-state index >= 15 is 0 Å². The first kappa shape index (κ1) is 13.4. The van der Waals surface area contributed by atoms with Gasteiger partial charge in [0, 0.05) is 30.7 Å². The molecular weight excluding hydrogens is 290 g/mol. The lowest BCUT2D eigenvalue weighted by Gasteiger charge is -2.07. The maximum absolute atomic E-state index is 5.38. The third-order valence-electron chi connectivity index (χ3n) is 2.61. The monoisotopic (exact) mass is 303 g/mol. The predicted molar refractivity (Wildman–Crippen MR) is 79.1 cm³/mol. The number of thiazole rings is 1. The summed E-state index contributed by atoms with van der Waals surface area (Å²) in [6, 6.07) is 1.79. The average molecular weight is 303 g/mol. The van der Waals surface area contributed by atoms with E-state index in [1.165, 1.54) is 4.68 Å². The molecule has 4 N–H and O–H groups in total. The molecule has 108 valence electrons. The topological polar surface area (TPSA) is 119 Å². The fourth-order valence-corrected chi connectivity index (χ4v) is 2.25. The Morgan fingerprint density at radius 2 is 2.14 bits per heavy atom. The van der Waals surface area contributed by atoms with Crippen molar-refractivity contribution < 1.29 is 0 Å². The van der Waals surface area contributed by atoms with Crippen LogP contribution in [0.25, 0.3) is 5.95 Å². The lowest BCUT2D eigenvalue weighted by molar-refractivity contribution is 0.794. The second kappa shape index (κ2) is 6.24. The van der Waals surface area contributed by atoms with Gasteiger partial charge in [0.1, 0.15) is 0 Å². The number of rotatable bonds is 6. The molecule has 3 aromatic rings. The molecule has 0 aliphatic carbocycles. The van der Waals surface area contributed by atoms with Crippen LogP contribution >= 0.6 is 11.3 Å². The molecule has 0 fully saturated rings. The van der Waals surface area contributed by atoms with E-state index in [1.54, 1.807) is 29.8 Å². The van der Waals surface area contributed by atoms with Crippen LogP contribution in [0.3, 0.4) is 0 Å². The minimum Gasteiger partial charge on any atom is -0.354 e. The van der Waals surface area contributed by atoms with Crippen molar-refractivity contribution in [3.63, 3.8) is 0 Å². The molecule has 9 nitrogen and oxygen atoms in total. The van der Waals surface area contributed by atoms with Gasteiger partial charge in [0.15, 0.2) is 0 Å². The summed E-state index contributed by atoms with van der Waals surface area (Å²) in [6.45, 7) is 0.663. The zero-order chi connectivity index (χ0) is 14.5. The van der Waals surface area contributed by atoms with Crippen molar-refractivity contribution in [3.05, 3.63) is 35.0 Å². The molecular formula is C11H13N9S. The van der Waals surface area contributed by atoms with Crippen LogP contribution in [0.1, 0.15) is 5.69 Å². The third-order valence-corrected chi connectivity index (χ3v) is 3.25. The fraction of sp³-hybridized carbons (Fsp3) is 0.182. The maximum Gasteiger partial charge on any atom is 0.257 e. The van der Waals surface area contributed by atoms with Crippen molar-refractivity contribution >= 4 is 23.2 Å². The van der Waals surface area contributed by atoms with Crippen molar-refractivity contribution in [1.29, 1.82) is 0 Å². The standard InChI is InChI=1S/C11H13N9S/c12-19-10-16-9(13-4-2-8-6-21-7-14-8)17-11(18-10)20-5-1-3-15-20/h1,3,5-7H,2,4,12H2,(H2,13,16,17,18,19). The molecule has 0 unspecified atom stereocenters. The number of nitrogens with one attached hydrogen (secondary N) is 2. The third kappa shape index (κ3) is 3.30. The molecule has 0 aliphatic rings. The molecule has 0 bridgehead atoms. The largest absolute Gasteiger partial charge is 0.354 e. The van der Waals surface area contributed by atoms with Gasteiger partial charge in [-0.2, -0.15) is 20.1 Å². The van der Waals surface area contributed by atoms with Crippen molar-refractivity contribution in [3.8, 4) is 5.95 Å². The van der Waals surface area contributed by atoms with Crippen molar-refractivity contribution in [2.45, 2.75) is 6.42 Å².